The van der Waals surface area contributed by atoms with Gasteiger partial charge in [0.2, 0.25) is 0 Å². The molecule has 0 bridgehead atoms. The molecule has 0 spiro atoms. The van der Waals surface area contributed by atoms with E-state index in [2.05, 4.69) is 18.1 Å². The molecule has 18 heavy (non-hydrogen) atoms. The third-order valence-electron chi connectivity index (χ3n) is 2.80. The first-order chi connectivity index (χ1) is 8.42. The molecule has 3 nitrogen and oxygen atoms in total. The summed E-state index contributed by atoms with van der Waals surface area (Å²) in [6.45, 7) is 8.73. The van der Waals surface area contributed by atoms with Crippen LogP contribution in [0, 0.1) is 0 Å². The van der Waals surface area contributed by atoms with Crippen molar-refractivity contribution in [3.8, 4) is 0 Å². The third-order valence-corrected chi connectivity index (χ3v) is 3.10. The molecule has 0 fully saturated rings. The van der Waals surface area contributed by atoms with Crippen LogP contribution < -0.4 is 0 Å². The normalized spacial score (nSPS) is 12.3. The molecule has 0 aliphatic carbocycles. The summed E-state index contributed by atoms with van der Waals surface area (Å²) in [5.41, 5.74) is 2.96. The van der Waals surface area contributed by atoms with E-state index in [1.807, 2.05) is 31.4 Å². The number of hydrogen-bond acceptors (Lipinski definition) is 2. The summed E-state index contributed by atoms with van der Waals surface area (Å²) >= 11 is 6.27. The van der Waals surface area contributed by atoms with E-state index >= 15 is 0 Å². The first-order valence-corrected chi connectivity index (χ1v) is 6.56. The molecule has 0 aliphatic heterocycles. The van der Waals surface area contributed by atoms with Gasteiger partial charge in [-0.1, -0.05) is 18.5 Å². The average Bonchev–Trinajstić information content (AvgIpc) is 2.65. The SMILES string of the molecule is CCc1cn(COC(C)(C)C)c2c(Cl)ccnc12. The van der Waals surface area contributed by atoms with Gasteiger partial charge in [0, 0.05) is 12.4 Å². The van der Waals surface area contributed by atoms with Crippen LogP contribution in [-0.4, -0.2) is 15.2 Å². The summed E-state index contributed by atoms with van der Waals surface area (Å²) in [5.74, 6) is 0. The largest absolute Gasteiger partial charge is 0.355 e. The number of pyridine rings is 1. The zero-order valence-corrected chi connectivity index (χ0v) is 12.1. The maximum absolute atomic E-state index is 6.27. The van der Waals surface area contributed by atoms with Gasteiger partial charge in [0.25, 0.3) is 0 Å². The van der Waals surface area contributed by atoms with Gasteiger partial charge in [0.1, 0.15) is 6.73 Å². The molecule has 2 heterocycles. The molecule has 0 saturated heterocycles. The smallest absolute Gasteiger partial charge is 0.123 e. The minimum Gasteiger partial charge on any atom is -0.355 e. The minimum atomic E-state index is -0.169. The standard InChI is InChI=1S/C14H19ClN2O/c1-5-10-8-17(9-18-14(2,3)4)13-11(15)6-7-16-12(10)13/h6-8H,5,9H2,1-4H3. The average molecular weight is 267 g/mol. The van der Waals surface area contributed by atoms with Crippen molar-refractivity contribution in [2.45, 2.75) is 46.4 Å². The topological polar surface area (TPSA) is 27.1 Å². The molecule has 0 N–H and O–H groups in total. The van der Waals surface area contributed by atoms with Gasteiger partial charge in [0.15, 0.2) is 0 Å². The van der Waals surface area contributed by atoms with E-state index in [9.17, 15) is 0 Å². The van der Waals surface area contributed by atoms with Crippen LogP contribution in [0.15, 0.2) is 18.5 Å². The molecule has 0 amide bonds. The lowest BCUT2D eigenvalue weighted by Crippen LogP contribution is -2.20. The fraction of sp³-hybridized carbons (Fsp3) is 0.500. The first-order valence-electron chi connectivity index (χ1n) is 6.18. The van der Waals surface area contributed by atoms with Crippen LogP contribution in [0.25, 0.3) is 11.0 Å². The molecule has 0 aromatic carbocycles. The van der Waals surface area contributed by atoms with E-state index in [1.54, 1.807) is 6.20 Å². The van der Waals surface area contributed by atoms with E-state index in [0.29, 0.717) is 6.73 Å². The summed E-state index contributed by atoms with van der Waals surface area (Å²) in [5, 5.41) is 0.720. The van der Waals surface area contributed by atoms with E-state index in [-0.39, 0.29) is 5.60 Å². The van der Waals surface area contributed by atoms with Gasteiger partial charge in [0.05, 0.1) is 21.7 Å². The van der Waals surface area contributed by atoms with Crippen LogP contribution in [0.3, 0.4) is 0 Å². The van der Waals surface area contributed by atoms with Crippen LogP contribution in [0.5, 0.6) is 0 Å². The Hall–Kier alpha value is -1.06. The number of fused-ring (bicyclic) bond motifs is 1. The second-order valence-electron chi connectivity index (χ2n) is 5.35. The van der Waals surface area contributed by atoms with Crippen LogP contribution in [0.2, 0.25) is 5.02 Å². The van der Waals surface area contributed by atoms with Gasteiger partial charge in [-0.25, -0.2) is 0 Å². The lowest BCUT2D eigenvalue weighted by Gasteiger charge is -2.20. The summed E-state index contributed by atoms with van der Waals surface area (Å²) in [6, 6.07) is 1.82. The molecule has 0 atom stereocenters. The number of nitrogens with zero attached hydrogens (tertiary/aromatic N) is 2. The van der Waals surface area contributed by atoms with E-state index < -0.39 is 0 Å². The van der Waals surface area contributed by atoms with Gasteiger partial charge in [-0.15, -0.1) is 0 Å². The Morgan fingerprint density at radius 2 is 2.11 bits per heavy atom. The molecule has 0 unspecified atom stereocenters. The van der Waals surface area contributed by atoms with Gasteiger partial charge in [-0.05, 0) is 38.8 Å². The van der Waals surface area contributed by atoms with Crippen molar-refractivity contribution in [2.24, 2.45) is 0 Å². The molecule has 0 radical (unpaired) electrons. The quantitative estimate of drug-likeness (QED) is 0.839. The number of halogens is 1. The molecule has 4 heteroatoms. The summed E-state index contributed by atoms with van der Waals surface area (Å²) in [4.78, 5) is 4.42. The van der Waals surface area contributed by atoms with Crippen molar-refractivity contribution in [3.05, 3.63) is 29.0 Å². The van der Waals surface area contributed by atoms with Gasteiger partial charge < -0.3 is 9.30 Å². The lowest BCUT2D eigenvalue weighted by molar-refractivity contribution is -0.0415. The third kappa shape index (κ3) is 2.68. The Bertz CT molecular complexity index is 555. The molecule has 0 aliphatic rings. The molecule has 0 saturated carbocycles. The molecule has 98 valence electrons. The highest BCUT2D eigenvalue weighted by molar-refractivity contribution is 6.35. The highest BCUT2D eigenvalue weighted by Crippen LogP contribution is 2.27. The second-order valence-corrected chi connectivity index (χ2v) is 5.76. The Labute approximate surface area is 113 Å². The Morgan fingerprint density at radius 3 is 2.72 bits per heavy atom. The molecular weight excluding hydrogens is 248 g/mol. The van der Waals surface area contributed by atoms with Crippen molar-refractivity contribution in [2.75, 3.05) is 0 Å². The van der Waals surface area contributed by atoms with Crippen LogP contribution in [0.4, 0.5) is 0 Å². The zero-order chi connectivity index (χ0) is 13.3. The van der Waals surface area contributed by atoms with Gasteiger partial charge in [-0.3, -0.25) is 4.98 Å². The minimum absolute atomic E-state index is 0.169. The lowest BCUT2D eigenvalue weighted by atomic mass is 10.2. The maximum Gasteiger partial charge on any atom is 0.123 e. The highest BCUT2D eigenvalue weighted by atomic mass is 35.5. The second kappa shape index (κ2) is 4.90. The van der Waals surface area contributed by atoms with Crippen molar-refractivity contribution >= 4 is 22.6 Å². The Morgan fingerprint density at radius 1 is 1.39 bits per heavy atom. The number of ether oxygens (including phenoxy) is 1. The van der Waals surface area contributed by atoms with Crippen molar-refractivity contribution in [3.63, 3.8) is 0 Å². The summed E-state index contributed by atoms with van der Waals surface area (Å²) < 4.78 is 7.85. The molecule has 2 aromatic rings. The Kier molecular flexibility index (Phi) is 3.64. The predicted octanol–water partition coefficient (Wildman–Crippen LogP) is 4.02. The number of hydrogen-bond donors (Lipinski definition) is 0. The zero-order valence-electron chi connectivity index (χ0n) is 11.3. The number of aryl methyl sites for hydroxylation is 1. The van der Waals surface area contributed by atoms with E-state index in [4.69, 9.17) is 16.3 Å². The van der Waals surface area contributed by atoms with E-state index in [1.165, 1.54) is 5.56 Å². The fourth-order valence-corrected chi connectivity index (χ4v) is 2.13. The molecule has 2 aromatic heterocycles. The summed E-state index contributed by atoms with van der Waals surface area (Å²) in [7, 11) is 0. The monoisotopic (exact) mass is 266 g/mol. The molecular formula is C14H19ClN2O. The fourth-order valence-electron chi connectivity index (χ4n) is 1.88. The van der Waals surface area contributed by atoms with E-state index in [0.717, 1.165) is 22.5 Å². The summed E-state index contributed by atoms with van der Waals surface area (Å²) in [6.07, 6.45) is 4.76. The number of aromatic nitrogens is 2. The predicted molar refractivity (Wildman–Crippen MR) is 75.0 cm³/mol. The van der Waals surface area contributed by atoms with Crippen molar-refractivity contribution in [1.82, 2.24) is 9.55 Å². The van der Waals surface area contributed by atoms with Crippen LogP contribution in [-0.2, 0) is 17.9 Å². The number of rotatable bonds is 3. The van der Waals surface area contributed by atoms with Gasteiger partial charge in [-0.2, -0.15) is 0 Å². The van der Waals surface area contributed by atoms with Crippen LogP contribution >= 0.6 is 11.6 Å². The maximum atomic E-state index is 6.27. The van der Waals surface area contributed by atoms with Crippen LogP contribution in [0.1, 0.15) is 33.3 Å². The van der Waals surface area contributed by atoms with Crippen molar-refractivity contribution in [1.29, 1.82) is 0 Å². The highest BCUT2D eigenvalue weighted by Gasteiger charge is 2.14. The first kappa shape index (κ1) is 13.4. The van der Waals surface area contributed by atoms with Crippen molar-refractivity contribution < 1.29 is 4.74 Å². The molecule has 2 rings (SSSR count). The van der Waals surface area contributed by atoms with Gasteiger partial charge >= 0.3 is 0 Å². The Balaban J connectivity index is 2.44.